The highest BCUT2D eigenvalue weighted by molar-refractivity contribution is 5.85. The Balaban J connectivity index is 0.00000192. The predicted molar refractivity (Wildman–Crippen MR) is 86.4 cm³/mol. The normalized spacial score (nSPS) is 20.2. The van der Waals surface area contributed by atoms with Gasteiger partial charge in [-0.3, -0.25) is 9.59 Å². The van der Waals surface area contributed by atoms with Crippen LogP contribution in [0.15, 0.2) is 29.1 Å². The van der Waals surface area contributed by atoms with Crippen molar-refractivity contribution in [3.8, 4) is 0 Å². The van der Waals surface area contributed by atoms with E-state index in [4.69, 9.17) is 0 Å². The molecule has 2 unspecified atom stereocenters. The molecule has 23 heavy (non-hydrogen) atoms. The number of nitrogens with one attached hydrogen (secondary N) is 2. The Morgan fingerprint density at radius 3 is 2.91 bits per heavy atom. The summed E-state index contributed by atoms with van der Waals surface area (Å²) in [4.78, 5) is 24.1. The van der Waals surface area contributed by atoms with Gasteiger partial charge in [-0.2, -0.15) is 0 Å². The number of carbonyl (C=O) groups is 1. The number of aliphatic hydroxyl groups is 1. The van der Waals surface area contributed by atoms with Crippen molar-refractivity contribution in [2.45, 2.75) is 12.6 Å². The van der Waals surface area contributed by atoms with Gasteiger partial charge in [-0.25, -0.2) is 4.68 Å². The Morgan fingerprint density at radius 2 is 2.17 bits per heavy atom. The van der Waals surface area contributed by atoms with Crippen LogP contribution in [0.25, 0.3) is 10.9 Å². The number of aromatic nitrogens is 3. The molecule has 2 heterocycles. The number of hydrogen-bond donors (Lipinski definition) is 3. The lowest BCUT2D eigenvalue weighted by Crippen LogP contribution is -2.38. The van der Waals surface area contributed by atoms with Gasteiger partial charge in [0, 0.05) is 25.6 Å². The van der Waals surface area contributed by atoms with Gasteiger partial charge >= 0.3 is 0 Å². The standard InChI is InChI=1S/C14H17N5O3.ClH/c20-12-7-15-5-9(12)6-16-13(21)8-19-14(22)10-3-1-2-4-11(10)17-18-19;/h1-4,9,12,15,20H,5-8H2,(H,16,21);1H. The molecule has 1 aromatic heterocycles. The van der Waals surface area contributed by atoms with Gasteiger partial charge in [0.15, 0.2) is 0 Å². The molecule has 0 spiro atoms. The van der Waals surface area contributed by atoms with Crippen LogP contribution in [0.2, 0.25) is 0 Å². The van der Waals surface area contributed by atoms with E-state index in [1.165, 1.54) is 0 Å². The fourth-order valence-corrected chi connectivity index (χ4v) is 2.49. The predicted octanol–water partition coefficient (Wildman–Crippen LogP) is -1.09. The zero-order chi connectivity index (χ0) is 15.5. The highest BCUT2D eigenvalue weighted by atomic mass is 35.5. The summed E-state index contributed by atoms with van der Waals surface area (Å²) in [6.45, 7) is 1.38. The minimum atomic E-state index is -0.455. The first-order chi connectivity index (χ1) is 10.6. The molecule has 124 valence electrons. The summed E-state index contributed by atoms with van der Waals surface area (Å²) in [5, 5.41) is 23.6. The average molecular weight is 340 g/mol. The quantitative estimate of drug-likeness (QED) is 0.653. The number of hydrogen-bond acceptors (Lipinski definition) is 6. The first kappa shape index (κ1) is 17.3. The van der Waals surface area contributed by atoms with Gasteiger partial charge in [0.1, 0.15) is 12.1 Å². The zero-order valence-corrected chi connectivity index (χ0v) is 13.1. The van der Waals surface area contributed by atoms with Crippen LogP contribution in [-0.4, -0.2) is 51.7 Å². The number of carbonyl (C=O) groups excluding carboxylic acids is 1. The fraction of sp³-hybridized carbons (Fsp3) is 0.429. The van der Waals surface area contributed by atoms with Crippen LogP contribution in [0.5, 0.6) is 0 Å². The second-order valence-corrected chi connectivity index (χ2v) is 5.36. The van der Waals surface area contributed by atoms with Crippen molar-refractivity contribution < 1.29 is 9.90 Å². The van der Waals surface area contributed by atoms with Crippen molar-refractivity contribution in [1.82, 2.24) is 25.6 Å². The maximum Gasteiger partial charge on any atom is 0.278 e. The van der Waals surface area contributed by atoms with Crippen LogP contribution in [0.4, 0.5) is 0 Å². The second-order valence-electron chi connectivity index (χ2n) is 5.36. The number of amides is 1. The van der Waals surface area contributed by atoms with Gasteiger partial charge in [0.05, 0.1) is 11.5 Å². The summed E-state index contributed by atoms with van der Waals surface area (Å²) >= 11 is 0. The SMILES string of the molecule is Cl.O=C(Cn1nnc2ccccc2c1=O)NCC1CNCC1O. The van der Waals surface area contributed by atoms with Crippen molar-refractivity contribution in [2.75, 3.05) is 19.6 Å². The van der Waals surface area contributed by atoms with Crippen molar-refractivity contribution in [1.29, 1.82) is 0 Å². The molecular weight excluding hydrogens is 322 g/mol. The molecule has 0 aliphatic carbocycles. The average Bonchev–Trinajstić information content (AvgIpc) is 2.93. The molecule has 0 saturated carbocycles. The van der Waals surface area contributed by atoms with E-state index in [0.717, 1.165) is 4.68 Å². The summed E-state index contributed by atoms with van der Waals surface area (Å²) < 4.78 is 1.04. The van der Waals surface area contributed by atoms with Crippen LogP contribution in [0.3, 0.4) is 0 Å². The highest BCUT2D eigenvalue weighted by Gasteiger charge is 2.25. The van der Waals surface area contributed by atoms with Gasteiger partial charge in [-0.15, -0.1) is 17.5 Å². The maximum atomic E-state index is 12.2. The van der Waals surface area contributed by atoms with Crippen LogP contribution in [-0.2, 0) is 11.3 Å². The summed E-state index contributed by atoms with van der Waals surface area (Å²) in [7, 11) is 0. The highest BCUT2D eigenvalue weighted by Crippen LogP contribution is 2.07. The molecule has 9 heteroatoms. The minimum Gasteiger partial charge on any atom is -0.391 e. The van der Waals surface area contributed by atoms with E-state index in [0.29, 0.717) is 30.5 Å². The first-order valence-electron chi connectivity index (χ1n) is 7.13. The van der Waals surface area contributed by atoms with E-state index in [9.17, 15) is 14.7 Å². The number of halogens is 1. The topological polar surface area (TPSA) is 109 Å². The molecule has 3 rings (SSSR count). The van der Waals surface area contributed by atoms with Gasteiger partial charge in [0.25, 0.3) is 5.56 Å². The van der Waals surface area contributed by atoms with E-state index in [1.807, 2.05) is 0 Å². The van der Waals surface area contributed by atoms with Gasteiger partial charge in [-0.1, -0.05) is 17.3 Å². The van der Waals surface area contributed by atoms with Crippen molar-refractivity contribution >= 4 is 29.2 Å². The largest absolute Gasteiger partial charge is 0.391 e. The molecule has 1 aliphatic rings. The van der Waals surface area contributed by atoms with E-state index in [1.54, 1.807) is 24.3 Å². The molecule has 2 aromatic rings. The Hall–Kier alpha value is -2.03. The lowest BCUT2D eigenvalue weighted by Gasteiger charge is -2.14. The molecule has 1 aliphatic heterocycles. The number of nitrogens with zero attached hydrogens (tertiary/aromatic N) is 3. The number of aliphatic hydroxyl groups excluding tert-OH is 1. The Bertz CT molecular complexity index is 751. The Morgan fingerprint density at radius 1 is 1.39 bits per heavy atom. The van der Waals surface area contributed by atoms with Gasteiger partial charge in [0.2, 0.25) is 5.91 Å². The molecule has 1 aromatic carbocycles. The number of fused-ring (bicyclic) bond motifs is 1. The Labute approximate surface area is 138 Å². The van der Waals surface area contributed by atoms with Crippen molar-refractivity contribution in [3.63, 3.8) is 0 Å². The molecule has 1 saturated heterocycles. The molecule has 0 bridgehead atoms. The smallest absolute Gasteiger partial charge is 0.278 e. The van der Waals surface area contributed by atoms with Crippen LogP contribution in [0.1, 0.15) is 0 Å². The van der Waals surface area contributed by atoms with Crippen molar-refractivity contribution in [2.24, 2.45) is 5.92 Å². The van der Waals surface area contributed by atoms with Crippen LogP contribution in [0, 0.1) is 5.92 Å². The molecule has 8 nitrogen and oxygen atoms in total. The van der Waals surface area contributed by atoms with Crippen LogP contribution >= 0.6 is 12.4 Å². The third-order valence-corrected chi connectivity index (χ3v) is 3.79. The molecular formula is C14H18ClN5O3. The fourth-order valence-electron chi connectivity index (χ4n) is 2.49. The minimum absolute atomic E-state index is 0. The van der Waals surface area contributed by atoms with E-state index in [-0.39, 0.29) is 36.3 Å². The van der Waals surface area contributed by atoms with Crippen LogP contribution < -0.4 is 16.2 Å². The van der Waals surface area contributed by atoms with Gasteiger partial charge < -0.3 is 15.7 Å². The van der Waals surface area contributed by atoms with Crippen molar-refractivity contribution in [3.05, 3.63) is 34.6 Å². The molecule has 1 fully saturated rings. The number of rotatable bonds is 4. The van der Waals surface area contributed by atoms with E-state index >= 15 is 0 Å². The van der Waals surface area contributed by atoms with E-state index < -0.39 is 6.10 Å². The summed E-state index contributed by atoms with van der Waals surface area (Å²) in [5.41, 5.74) is 0.160. The molecule has 2 atom stereocenters. The number of β-amino-alcohol motifs (C(OH)–C–C–N with tert-alkyl or cyclic N) is 1. The third-order valence-electron chi connectivity index (χ3n) is 3.79. The lowest BCUT2D eigenvalue weighted by atomic mass is 10.1. The summed E-state index contributed by atoms with van der Waals surface area (Å²) in [5.74, 6) is -0.339. The molecule has 0 radical (unpaired) electrons. The van der Waals surface area contributed by atoms with Gasteiger partial charge in [-0.05, 0) is 12.1 Å². The maximum absolute atomic E-state index is 12.2. The lowest BCUT2D eigenvalue weighted by molar-refractivity contribution is -0.122. The first-order valence-corrected chi connectivity index (χ1v) is 7.13. The second kappa shape index (κ2) is 7.49. The molecule has 3 N–H and O–H groups in total. The summed E-state index contributed by atoms with van der Waals surface area (Å²) in [6, 6.07) is 6.86. The Kier molecular flexibility index (Phi) is 5.64. The zero-order valence-electron chi connectivity index (χ0n) is 12.3. The summed E-state index contributed by atoms with van der Waals surface area (Å²) in [6.07, 6.45) is -0.455. The third kappa shape index (κ3) is 3.84. The molecule has 1 amide bonds. The van der Waals surface area contributed by atoms with E-state index in [2.05, 4.69) is 20.9 Å². The number of benzene rings is 1. The monoisotopic (exact) mass is 339 g/mol.